The van der Waals surface area contributed by atoms with Crippen molar-refractivity contribution in [1.29, 1.82) is 0 Å². The van der Waals surface area contributed by atoms with Crippen LogP contribution in [0, 0.1) is 17.8 Å². The molecule has 5 aromatic carbocycles. The number of halogens is 4. The normalized spacial score (nSPS) is 19.5. The zero-order valence-corrected chi connectivity index (χ0v) is 65.7. The molecule has 0 saturated carbocycles. The van der Waals surface area contributed by atoms with Crippen molar-refractivity contribution < 1.29 is 63.9 Å². The standard InChI is InChI=1S/C78H95ClF3N11O11S4/c1-49(51-18-20-53(21-19-51)70-50(2)83-48-106-70)84-73(98)65-41-58(94)45-93(65)75(100)71(76(3,4)5)87-68(95)16-12-9-13-17-69(96)91-37-34-89(35-38-91)33-31-57(47-105-59-14-10-8-11-15-59)85-62-28-27-60(42-67(62)107(101,102)78(80,81)82)108(103,104)88-72(97)54-24-29-64-63(40-54)86-74(99)66-46-90(36-39-92(64)66)44-55-43-77(6,7)32-30-61(55)52-22-25-56(79)26-23-52/h8,10-11,14-15,18-29,40,42,48-49,57-58,65-66,71,85,94H,9,12-13,16-17,30-39,41,43-47H2,1-7H3,(H,84,98)(H,86,99)(H,87,95)(H,88,97)/t49-,57+,58+,65-,66?,71+/m0/s1. The lowest BCUT2D eigenvalue weighted by molar-refractivity contribution is -0.144. The number of aromatic nitrogens is 1. The van der Waals surface area contributed by atoms with Crippen molar-refractivity contribution in [1.82, 2.24) is 39.9 Å². The quantitative estimate of drug-likeness (QED) is 0.0206. The number of aliphatic hydroxyl groups is 1. The number of alkyl halides is 3. The SMILES string of the molecule is Cc1ncsc1-c1ccc([C@H](C)NC(=O)[C@@H]2C[C@@H](O)CN2C(=O)[C@@H](NC(=O)CCCCCC(=O)N2CCN(CC[C@H](CSc3ccccc3)Nc3ccc(S(=O)(=O)NC(=O)c4ccc5c(c4)NC(=O)C4CN(CC6=C(c7ccc(Cl)cc7)CCC(C)(C)C6)CCN54)cc3S(=O)(=O)C(F)(F)F)CC2)C(C)(C)C)cc1. The lowest BCUT2D eigenvalue weighted by Gasteiger charge is -2.46. The highest BCUT2D eigenvalue weighted by molar-refractivity contribution is 7.99. The van der Waals surface area contributed by atoms with Gasteiger partial charge in [0, 0.05) is 112 Å². The molecule has 0 spiro atoms. The lowest BCUT2D eigenvalue weighted by Crippen LogP contribution is -2.60. The number of thioether (sulfide) groups is 1. The first-order chi connectivity index (χ1) is 51.1. The number of hydrogen-bond donors (Lipinski definition) is 6. The zero-order valence-electron chi connectivity index (χ0n) is 61.7. The van der Waals surface area contributed by atoms with Crippen LogP contribution in [0.1, 0.15) is 139 Å². The predicted octanol–water partition coefficient (Wildman–Crippen LogP) is 11.7. The van der Waals surface area contributed by atoms with Crippen LogP contribution < -0.4 is 30.9 Å². The molecule has 3 saturated heterocycles. The number of fused-ring (bicyclic) bond motifs is 3. The van der Waals surface area contributed by atoms with Gasteiger partial charge in [0.2, 0.25) is 29.5 Å². The first-order valence-electron chi connectivity index (χ1n) is 36.6. The van der Waals surface area contributed by atoms with Gasteiger partial charge in [-0.05, 0) is 146 Å². The average molecular weight is 1580 g/mol. The number of likely N-dealkylation sites (tertiary alicyclic amines) is 1. The summed E-state index contributed by atoms with van der Waals surface area (Å²) >= 11 is 9.16. The molecule has 1 aromatic heterocycles. The molecule has 3 fully saturated rings. The topological polar surface area (TPSA) is 280 Å². The van der Waals surface area contributed by atoms with Gasteiger partial charge in [0.15, 0.2) is 0 Å². The second-order valence-corrected chi connectivity index (χ2v) is 36.5. The number of benzene rings is 5. The maximum Gasteiger partial charge on any atom is 0.501 e. The second kappa shape index (κ2) is 34.2. The molecule has 5 aliphatic rings. The molecule has 580 valence electrons. The summed E-state index contributed by atoms with van der Waals surface area (Å²) in [7, 11) is -11.3. The maximum atomic E-state index is 14.7. The predicted molar refractivity (Wildman–Crippen MR) is 415 cm³/mol. The summed E-state index contributed by atoms with van der Waals surface area (Å²) in [5, 5.41) is 23.2. The molecule has 11 rings (SSSR count). The van der Waals surface area contributed by atoms with Crippen LogP contribution in [0.4, 0.5) is 30.2 Å². The van der Waals surface area contributed by atoms with E-state index in [1.54, 1.807) is 27.8 Å². The molecule has 6 atom stereocenters. The molecule has 0 radical (unpaired) electrons. The molecular formula is C78H95ClF3N11O11S4. The number of sulfonamides is 1. The number of carbonyl (C=O) groups is 6. The van der Waals surface area contributed by atoms with Gasteiger partial charge in [0.05, 0.1) is 50.2 Å². The van der Waals surface area contributed by atoms with Crippen molar-refractivity contribution in [3.8, 4) is 10.4 Å². The van der Waals surface area contributed by atoms with E-state index in [0.717, 1.165) is 63.6 Å². The van der Waals surface area contributed by atoms with E-state index in [1.165, 1.54) is 39.9 Å². The highest BCUT2D eigenvalue weighted by atomic mass is 35.5. The Morgan fingerprint density at radius 2 is 1.52 bits per heavy atom. The third-order valence-corrected chi connectivity index (χ3v) is 26.1. The summed E-state index contributed by atoms with van der Waals surface area (Å²) in [4.78, 5) is 96.2. The number of allylic oxidation sites excluding steroid dienone is 1. The third-order valence-electron chi connectivity index (χ3n) is 20.9. The number of sulfone groups is 1. The number of amides is 6. The number of aryl methyl sites for hydroxylation is 1. The smallest absolute Gasteiger partial charge is 0.391 e. The summed E-state index contributed by atoms with van der Waals surface area (Å²) in [5.41, 5.74) is 1.95. The van der Waals surface area contributed by atoms with Crippen LogP contribution in [0.25, 0.3) is 16.0 Å². The molecule has 1 unspecified atom stereocenters. The number of piperazine rings is 2. The number of hydrogen-bond acceptors (Lipinski definition) is 18. The molecule has 5 heterocycles. The van der Waals surface area contributed by atoms with Crippen molar-refractivity contribution in [2.45, 2.75) is 169 Å². The van der Waals surface area contributed by atoms with E-state index in [0.29, 0.717) is 94.9 Å². The van der Waals surface area contributed by atoms with E-state index in [2.05, 4.69) is 49.9 Å². The largest absolute Gasteiger partial charge is 0.501 e. The van der Waals surface area contributed by atoms with E-state index in [4.69, 9.17) is 11.6 Å². The fraction of sp³-hybridized carbons (Fsp3) is 0.474. The van der Waals surface area contributed by atoms with Crippen LogP contribution in [0.3, 0.4) is 0 Å². The number of thiazole rings is 1. The Bertz CT molecular complexity index is 4560. The first kappa shape index (κ1) is 81.1. The van der Waals surface area contributed by atoms with Crippen LogP contribution in [-0.2, 0) is 43.8 Å². The minimum absolute atomic E-state index is 0.0420. The molecule has 6 N–H and O–H groups in total. The number of nitrogens with one attached hydrogen (secondary N) is 5. The van der Waals surface area contributed by atoms with Crippen LogP contribution in [0.15, 0.2) is 141 Å². The van der Waals surface area contributed by atoms with Crippen molar-refractivity contribution in [2.75, 3.05) is 86.7 Å². The van der Waals surface area contributed by atoms with Gasteiger partial charge in [0.1, 0.15) is 23.0 Å². The molecule has 22 nitrogen and oxygen atoms in total. The molecule has 6 amide bonds. The summed E-state index contributed by atoms with van der Waals surface area (Å²) in [6.07, 6.45) is 4.01. The van der Waals surface area contributed by atoms with Crippen molar-refractivity contribution in [3.05, 3.63) is 154 Å². The lowest BCUT2D eigenvalue weighted by atomic mass is 9.72. The van der Waals surface area contributed by atoms with Gasteiger partial charge in [-0.2, -0.15) is 13.2 Å². The monoisotopic (exact) mass is 1580 g/mol. The highest BCUT2D eigenvalue weighted by Gasteiger charge is 2.49. The van der Waals surface area contributed by atoms with Gasteiger partial charge in [0.25, 0.3) is 25.8 Å². The molecule has 108 heavy (non-hydrogen) atoms. The van der Waals surface area contributed by atoms with Gasteiger partial charge >= 0.3 is 5.51 Å². The van der Waals surface area contributed by atoms with Gasteiger partial charge in [-0.3, -0.25) is 38.6 Å². The van der Waals surface area contributed by atoms with Crippen LogP contribution in [0.5, 0.6) is 0 Å². The van der Waals surface area contributed by atoms with Gasteiger partial charge in [-0.25, -0.2) is 26.5 Å². The summed E-state index contributed by atoms with van der Waals surface area (Å²) in [5.74, 6) is -2.60. The summed E-state index contributed by atoms with van der Waals surface area (Å²) < 4.78 is 101. The Morgan fingerprint density at radius 1 is 0.824 bits per heavy atom. The minimum atomic E-state index is -6.23. The number of unbranched alkanes of at least 4 members (excludes halogenated alkanes) is 2. The van der Waals surface area contributed by atoms with Crippen molar-refractivity contribution >= 4 is 113 Å². The van der Waals surface area contributed by atoms with E-state index >= 15 is 0 Å². The van der Waals surface area contributed by atoms with Gasteiger partial charge in [-0.1, -0.05) is 113 Å². The molecule has 1 aliphatic carbocycles. The average Bonchev–Trinajstić information content (AvgIpc) is 0.970. The molecule has 6 aromatic rings. The number of rotatable bonds is 27. The Labute approximate surface area is 643 Å². The van der Waals surface area contributed by atoms with E-state index in [1.807, 2.05) is 123 Å². The Kier molecular flexibility index (Phi) is 25.6. The van der Waals surface area contributed by atoms with Crippen LogP contribution >= 0.6 is 34.7 Å². The third kappa shape index (κ3) is 19.8. The Balaban J connectivity index is 0.661. The number of anilines is 3. The number of β-amino-alcohol motifs (C(OH)–C–C–N with tert-alkyl or cyclic N) is 1. The zero-order chi connectivity index (χ0) is 77.6. The van der Waals surface area contributed by atoms with Gasteiger partial charge in [-0.15, -0.1) is 23.1 Å². The maximum absolute atomic E-state index is 14.7. The Hall–Kier alpha value is -7.90. The van der Waals surface area contributed by atoms with Crippen LogP contribution in [-0.4, -0.2) is 189 Å². The first-order valence-corrected chi connectivity index (χ1v) is 41.8. The Morgan fingerprint density at radius 3 is 2.20 bits per heavy atom. The highest BCUT2D eigenvalue weighted by Crippen LogP contribution is 2.44. The number of nitrogens with zero attached hydrogens (tertiary/aromatic N) is 6. The molecule has 4 aliphatic heterocycles. The molecule has 30 heteroatoms. The molecule has 0 bridgehead atoms. The number of carbonyl (C=O) groups excluding carboxylic acids is 6. The van der Waals surface area contributed by atoms with Crippen molar-refractivity contribution in [2.24, 2.45) is 10.8 Å². The van der Waals surface area contributed by atoms with E-state index < -0.39 is 100 Å². The molecular weight excluding hydrogens is 1490 g/mol. The van der Waals surface area contributed by atoms with E-state index in [9.17, 15) is 63.9 Å². The van der Waals surface area contributed by atoms with Gasteiger partial charge < -0.3 is 41.1 Å². The fourth-order valence-electron chi connectivity index (χ4n) is 14.8. The van der Waals surface area contributed by atoms with Crippen molar-refractivity contribution in [3.63, 3.8) is 0 Å². The fourth-order valence-corrected chi connectivity index (χ4v) is 18.7. The van der Waals surface area contributed by atoms with E-state index in [-0.39, 0.29) is 72.4 Å². The van der Waals surface area contributed by atoms with Crippen LogP contribution in [0.2, 0.25) is 5.02 Å². The number of aliphatic hydroxyl groups excluding tert-OH is 1. The second-order valence-electron chi connectivity index (χ2n) is 30.6. The minimum Gasteiger partial charge on any atom is -0.391 e. The summed E-state index contributed by atoms with van der Waals surface area (Å²) in [6.45, 7) is 17.9. The summed E-state index contributed by atoms with van der Waals surface area (Å²) in [6, 6.07) is 27.7.